The van der Waals surface area contributed by atoms with Gasteiger partial charge in [-0.3, -0.25) is 0 Å². The van der Waals surface area contributed by atoms with Crippen LogP contribution < -0.4 is 5.32 Å². The average Bonchev–Trinajstić information content (AvgIpc) is 2.46. The van der Waals surface area contributed by atoms with Crippen LogP contribution in [0.25, 0.3) is 0 Å². The molecule has 1 rings (SSSR count). The van der Waals surface area contributed by atoms with Crippen LogP contribution in [0.4, 0.5) is 5.13 Å². The van der Waals surface area contributed by atoms with Gasteiger partial charge in [0, 0.05) is 7.05 Å². The predicted molar refractivity (Wildman–Crippen MR) is 45.8 cm³/mol. The maximum Gasteiger partial charge on any atom is 0.183 e. The molecule has 0 unspecified atom stereocenters. The third-order valence-electron chi connectivity index (χ3n) is 1.35. The van der Waals surface area contributed by atoms with E-state index in [0.717, 1.165) is 22.1 Å². The molecule has 0 radical (unpaired) electrons. The van der Waals surface area contributed by atoms with Gasteiger partial charge in [-0.1, -0.05) is 18.3 Å². The minimum absolute atomic E-state index is 0.719. The molecule has 0 aliphatic rings. The molecule has 58 valence electrons. The molecule has 4 heteroatoms. The molecular formula is C7H9N3S. The van der Waals surface area contributed by atoms with Crippen LogP contribution >= 0.6 is 11.3 Å². The van der Waals surface area contributed by atoms with E-state index in [9.17, 15) is 0 Å². The Morgan fingerprint density at radius 1 is 1.73 bits per heavy atom. The minimum atomic E-state index is 0.719. The molecule has 1 heterocycles. The van der Waals surface area contributed by atoms with E-state index >= 15 is 0 Å². The first-order chi connectivity index (χ1) is 5.31. The Kier molecular flexibility index (Phi) is 2.44. The highest BCUT2D eigenvalue weighted by Crippen LogP contribution is 2.21. The van der Waals surface area contributed by atoms with Gasteiger partial charge in [0.15, 0.2) is 5.13 Å². The van der Waals surface area contributed by atoms with Crippen LogP contribution in [0.5, 0.6) is 0 Å². The molecule has 3 nitrogen and oxygen atoms in total. The lowest BCUT2D eigenvalue weighted by Crippen LogP contribution is -1.87. The average molecular weight is 167 g/mol. The lowest BCUT2D eigenvalue weighted by molar-refractivity contribution is 1.06. The highest BCUT2D eigenvalue weighted by atomic mass is 32.1. The second-order valence-corrected chi connectivity index (χ2v) is 3.01. The smallest absolute Gasteiger partial charge is 0.183 e. The van der Waals surface area contributed by atoms with Crippen molar-refractivity contribution in [3.05, 3.63) is 10.6 Å². The van der Waals surface area contributed by atoms with Crippen molar-refractivity contribution in [2.24, 2.45) is 0 Å². The first-order valence-corrected chi connectivity index (χ1v) is 4.21. The molecule has 0 fully saturated rings. The van der Waals surface area contributed by atoms with Gasteiger partial charge in [0.25, 0.3) is 0 Å². The van der Waals surface area contributed by atoms with Gasteiger partial charge in [-0.2, -0.15) is 5.26 Å². The molecular weight excluding hydrogens is 158 g/mol. The zero-order chi connectivity index (χ0) is 8.27. The Hall–Kier alpha value is -1.08. The van der Waals surface area contributed by atoms with E-state index in [1.807, 2.05) is 6.92 Å². The van der Waals surface area contributed by atoms with Crippen molar-refractivity contribution < 1.29 is 0 Å². The van der Waals surface area contributed by atoms with E-state index in [4.69, 9.17) is 5.26 Å². The van der Waals surface area contributed by atoms with Crippen LogP contribution in [0.15, 0.2) is 0 Å². The molecule has 0 aliphatic carbocycles. The van der Waals surface area contributed by atoms with E-state index in [-0.39, 0.29) is 0 Å². The Bertz CT molecular complexity index is 284. The van der Waals surface area contributed by atoms with Crippen LogP contribution in [0.3, 0.4) is 0 Å². The number of thiazole rings is 1. The van der Waals surface area contributed by atoms with Gasteiger partial charge in [0.2, 0.25) is 0 Å². The summed E-state index contributed by atoms with van der Waals surface area (Å²) in [5.41, 5.74) is 0.891. The molecule has 0 atom stereocenters. The van der Waals surface area contributed by atoms with Crippen LogP contribution in [0.2, 0.25) is 0 Å². The summed E-state index contributed by atoms with van der Waals surface area (Å²) < 4.78 is 0. The van der Waals surface area contributed by atoms with Gasteiger partial charge < -0.3 is 5.32 Å². The molecule has 1 aromatic heterocycles. The summed E-state index contributed by atoms with van der Waals surface area (Å²) in [6.45, 7) is 2.00. The number of hydrogen-bond acceptors (Lipinski definition) is 4. The molecule has 0 saturated carbocycles. The third kappa shape index (κ3) is 1.49. The van der Waals surface area contributed by atoms with Crippen molar-refractivity contribution in [2.45, 2.75) is 13.3 Å². The number of aromatic nitrogens is 1. The molecule has 1 N–H and O–H groups in total. The Morgan fingerprint density at radius 3 is 2.82 bits per heavy atom. The highest BCUT2D eigenvalue weighted by Gasteiger charge is 2.06. The summed E-state index contributed by atoms with van der Waals surface area (Å²) in [5, 5.41) is 12.4. The summed E-state index contributed by atoms with van der Waals surface area (Å²) in [6.07, 6.45) is 0.821. The van der Waals surface area contributed by atoms with Gasteiger partial charge in [-0.25, -0.2) is 4.98 Å². The van der Waals surface area contributed by atoms with E-state index in [2.05, 4.69) is 16.4 Å². The van der Waals surface area contributed by atoms with Gasteiger partial charge in [-0.15, -0.1) is 0 Å². The second kappa shape index (κ2) is 3.35. The molecule has 1 aromatic rings. The summed E-state index contributed by atoms with van der Waals surface area (Å²) >= 11 is 1.40. The topological polar surface area (TPSA) is 48.7 Å². The van der Waals surface area contributed by atoms with Gasteiger partial charge in [0.1, 0.15) is 10.9 Å². The van der Waals surface area contributed by atoms with E-state index in [1.165, 1.54) is 11.3 Å². The predicted octanol–water partition coefficient (Wildman–Crippen LogP) is 1.62. The maximum absolute atomic E-state index is 8.65. The summed E-state index contributed by atoms with van der Waals surface area (Å²) in [6, 6.07) is 2.12. The van der Waals surface area contributed by atoms with Crippen LogP contribution in [0, 0.1) is 11.3 Å². The van der Waals surface area contributed by atoms with Crippen molar-refractivity contribution in [3.8, 4) is 6.07 Å². The third-order valence-corrected chi connectivity index (χ3v) is 2.37. The lowest BCUT2D eigenvalue weighted by atomic mass is 10.3. The van der Waals surface area contributed by atoms with E-state index < -0.39 is 0 Å². The van der Waals surface area contributed by atoms with Crippen molar-refractivity contribution in [3.63, 3.8) is 0 Å². The first kappa shape index (κ1) is 8.02. The Morgan fingerprint density at radius 2 is 2.45 bits per heavy atom. The van der Waals surface area contributed by atoms with Gasteiger partial charge in [-0.05, 0) is 6.42 Å². The molecule has 0 saturated heterocycles. The van der Waals surface area contributed by atoms with Crippen molar-refractivity contribution in [1.29, 1.82) is 5.26 Å². The normalized spacial score (nSPS) is 9.18. The molecule has 0 amide bonds. The van der Waals surface area contributed by atoms with Gasteiger partial charge in [0.05, 0.1) is 5.69 Å². The monoisotopic (exact) mass is 167 g/mol. The number of anilines is 1. The number of nitrogens with zero attached hydrogens (tertiary/aromatic N) is 2. The fraction of sp³-hybridized carbons (Fsp3) is 0.429. The largest absolute Gasteiger partial charge is 0.365 e. The van der Waals surface area contributed by atoms with E-state index in [0.29, 0.717) is 0 Å². The first-order valence-electron chi connectivity index (χ1n) is 3.39. The quantitative estimate of drug-likeness (QED) is 0.728. The standard InChI is InChI=1S/C7H9N3S/c1-3-5-6(4-8)11-7(9-2)10-5/h3H2,1-2H3,(H,9,10). The molecule has 11 heavy (non-hydrogen) atoms. The summed E-state index contributed by atoms with van der Waals surface area (Å²) in [7, 11) is 1.80. The summed E-state index contributed by atoms with van der Waals surface area (Å²) in [5.74, 6) is 0. The Labute approximate surface area is 69.7 Å². The van der Waals surface area contributed by atoms with Crippen molar-refractivity contribution in [1.82, 2.24) is 4.98 Å². The molecule has 0 aliphatic heterocycles. The molecule has 0 bridgehead atoms. The number of nitriles is 1. The Balaban J connectivity index is 3.05. The highest BCUT2D eigenvalue weighted by molar-refractivity contribution is 7.16. The maximum atomic E-state index is 8.65. The summed E-state index contributed by atoms with van der Waals surface area (Å²) in [4.78, 5) is 4.92. The number of hydrogen-bond donors (Lipinski definition) is 1. The van der Waals surface area contributed by atoms with Gasteiger partial charge >= 0.3 is 0 Å². The van der Waals surface area contributed by atoms with Crippen LogP contribution in [-0.2, 0) is 6.42 Å². The van der Waals surface area contributed by atoms with Crippen LogP contribution in [-0.4, -0.2) is 12.0 Å². The number of rotatable bonds is 2. The fourth-order valence-electron chi connectivity index (χ4n) is 0.786. The SMILES string of the molecule is CCc1nc(NC)sc1C#N. The fourth-order valence-corrected chi connectivity index (χ4v) is 1.59. The zero-order valence-electron chi connectivity index (χ0n) is 6.51. The number of nitrogens with one attached hydrogen (secondary N) is 1. The lowest BCUT2D eigenvalue weighted by Gasteiger charge is -1.87. The van der Waals surface area contributed by atoms with Crippen molar-refractivity contribution in [2.75, 3.05) is 12.4 Å². The number of aryl methyl sites for hydroxylation is 1. The van der Waals surface area contributed by atoms with Crippen molar-refractivity contribution >= 4 is 16.5 Å². The molecule has 0 spiro atoms. The second-order valence-electron chi connectivity index (χ2n) is 2.01. The van der Waals surface area contributed by atoms with E-state index in [1.54, 1.807) is 7.05 Å². The zero-order valence-corrected chi connectivity index (χ0v) is 7.33. The molecule has 0 aromatic carbocycles. The minimum Gasteiger partial charge on any atom is -0.365 e. The van der Waals surface area contributed by atoms with Crippen LogP contribution in [0.1, 0.15) is 17.5 Å².